The fourth-order valence-electron chi connectivity index (χ4n) is 2.33. The van der Waals surface area contributed by atoms with E-state index < -0.39 is 10.0 Å². The lowest BCUT2D eigenvalue weighted by Gasteiger charge is -2.21. The molecule has 0 aliphatic heterocycles. The molecule has 112 valence electrons. The second-order valence-corrected chi connectivity index (χ2v) is 7.55. The second-order valence-electron chi connectivity index (χ2n) is 5.58. The van der Waals surface area contributed by atoms with Crippen LogP contribution in [0.25, 0.3) is 0 Å². The molecule has 0 radical (unpaired) electrons. The Labute approximate surface area is 122 Å². The van der Waals surface area contributed by atoms with Crippen LogP contribution in [0.15, 0.2) is 24.3 Å². The summed E-state index contributed by atoms with van der Waals surface area (Å²) >= 11 is 0. The van der Waals surface area contributed by atoms with Crippen molar-refractivity contribution in [3.63, 3.8) is 0 Å². The van der Waals surface area contributed by atoms with Gasteiger partial charge in [0.1, 0.15) is 0 Å². The van der Waals surface area contributed by atoms with Gasteiger partial charge in [0.25, 0.3) is 0 Å². The van der Waals surface area contributed by atoms with Gasteiger partial charge in [-0.2, -0.15) is 0 Å². The van der Waals surface area contributed by atoms with E-state index in [1.165, 1.54) is 12.8 Å². The zero-order valence-electron chi connectivity index (χ0n) is 12.1. The highest BCUT2D eigenvalue weighted by Crippen LogP contribution is 2.31. The number of hydrogen-bond acceptors (Lipinski definition) is 3. The van der Waals surface area contributed by atoms with Crippen molar-refractivity contribution in [1.29, 1.82) is 0 Å². The van der Waals surface area contributed by atoms with E-state index in [2.05, 4.69) is 0 Å². The molecule has 1 fully saturated rings. The van der Waals surface area contributed by atoms with Crippen molar-refractivity contribution in [1.82, 2.24) is 4.31 Å². The summed E-state index contributed by atoms with van der Waals surface area (Å²) < 4.78 is 26.8. The van der Waals surface area contributed by atoms with Crippen molar-refractivity contribution in [2.45, 2.75) is 38.5 Å². The molecule has 1 aromatic carbocycles. The number of nitrogens with zero attached hydrogens (tertiary/aromatic N) is 1. The molecule has 0 aromatic heterocycles. The third-order valence-electron chi connectivity index (χ3n) is 3.60. The third kappa shape index (κ3) is 4.30. The number of rotatable bonds is 8. The van der Waals surface area contributed by atoms with Crippen LogP contribution in [0.5, 0.6) is 0 Å². The SMILES string of the molecule is CCCN(CC1CC1)S(=O)(=O)Cc1cccc(CN)c1. The van der Waals surface area contributed by atoms with Crippen LogP contribution in [0, 0.1) is 5.92 Å². The molecule has 1 aliphatic rings. The summed E-state index contributed by atoms with van der Waals surface area (Å²) in [6.07, 6.45) is 3.19. The minimum atomic E-state index is -3.23. The van der Waals surface area contributed by atoms with E-state index in [9.17, 15) is 8.42 Å². The molecule has 5 heteroatoms. The van der Waals surface area contributed by atoms with E-state index in [0.717, 1.165) is 17.5 Å². The summed E-state index contributed by atoms with van der Waals surface area (Å²) in [5.41, 5.74) is 7.40. The van der Waals surface area contributed by atoms with Crippen LogP contribution in [0.1, 0.15) is 37.3 Å². The van der Waals surface area contributed by atoms with Crippen LogP contribution >= 0.6 is 0 Å². The lowest BCUT2D eigenvalue weighted by Crippen LogP contribution is -2.34. The Morgan fingerprint density at radius 1 is 1.30 bits per heavy atom. The summed E-state index contributed by atoms with van der Waals surface area (Å²) in [6.45, 7) is 3.77. The Balaban J connectivity index is 2.10. The predicted octanol–water partition coefficient (Wildman–Crippen LogP) is 2.10. The van der Waals surface area contributed by atoms with Gasteiger partial charge in [-0.25, -0.2) is 12.7 Å². The molecule has 0 amide bonds. The molecule has 0 saturated heterocycles. The number of nitrogens with two attached hydrogens (primary N) is 1. The van der Waals surface area contributed by atoms with Crippen molar-refractivity contribution in [3.8, 4) is 0 Å². The summed E-state index contributed by atoms with van der Waals surface area (Å²) in [7, 11) is -3.23. The number of hydrogen-bond donors (Lipinski definition) is 1. The molecular formula is C15H24N2O2S. The van der Waals surface area contributed by atoms with Gasteiger partial charge in [0.05, 0.1) is 5.75 Å². The molecule has 0 bridgehead atoms. The van der Waals surface area contributed by atoms with Gasteiger partial charge in [0.15, 0.2) is 0 Å². The molecule has 4 nitrogen and oxygen atoms in total. The first-order chi connectivity index (χ1) is 9.55. The molecule has 2 N–H and O–H groups in total. The monoisotopic (exact) mass is 296 g/mol. The van der Waals surface area contributed by atoms with E-state index in [0.29, 0.717) is 25.6 Å². The first kappa shape index (κ1) is 15.5. The van der Waals surface area contributed by atoms with Gasteiger partial charge in [-0.1, -0.05) is 31.2 Å². The van der Waals surface area contributed by atoms with Crippen LogP contribution in [-0.2, 0) is 22.3 Å². The molecule has 2 rings (SSSR count). The summed E-state index contributed by atoms with van der Waals surface area (Å²) in [5, 5.41) is 0. The maximum absolute atomic E-state index is 12.5. The van der Waals surface area contributed by atoms with E-state index in [1.807, 2.05) is 31.2 Å². The van der Waals surface area contributed by atoms with Crippen molar-refractivity contribution in [2.24, 2.45) is 11.7 Å². The maximum Gasteiger partial charge on any atom is 0.218 e. The average Bonchev–Trinajstić information content (AvgIpc) is 3.22. The minimum Gasteiger partial charge on any atom is -0.326 e. The summed E-state index contributed by atoms with van der Waals surface area (Å²) in [6, 6.07) is 7.54. The summed E-state index contributed by atoms with van der Waals surface area (Å²) in [4.78, 5) is 0. The fourth-order valence-corrected chi connectivity index (χ4v) is 4.01. The van der Waals surface area contributed by atoms with Gasteiger partial charge in [-0.05, 0) is 36.3 Å². The van der Waals surface area contributed by atoms with Gasteiger partial charge < -0.3 is 5.73 Å². The normalized spacial score (nSPS) is 15.8. The molecule has 0 spiro atoms. The van der Waals surface area contributed by atoms with E-state index >= 15 is 0 Å². The molecule has 0 unspecified atom stereocenters. The summed E-state index contributed by atoms with van der Waals surface area (Å²) in [5.74, 6) is 0.653. The molecule has 20 heavy (non-hydrogen) atoms. The van der Waals surface area contributed by atoms with E-state index in [-0.39, 0.29) is 5.75 Å². The van der Waals surface area contributed by atoms with Crippen LogP contribution in [0.2, 0.25) is 0 Å². The van der Waals surface area contributed by atoms with Crippen molar-refractivity contribution < 1.29 is 8.42 Å². The Kier molecular flexibility index (Phi) is 5.18. The van der Waals surface area contributed by atoms with Gasteiger partial charge in [-0.3, -0.25) is 0 Å². The highest BCUT2D eigenvalue weighted by molar-refractivity contribution is 7.88. The number of sulfonamides is 1. The smallest absolute Gasteiger partial charge is 0.218 e. The zero-order valence-corrected chi connectivity index (χ0v) is 12.9. The molecule has 1 aromatic rings. The predicted molar refractivity (Wildman–Crippen MR) is 81.5 cm³/mol. The highest BCUT2D eigenvalue weighted by atomic mass is 32.2. The zero-order chi connectivity index (χ0) is 14.6. The topological polar surface area (TPSA) is 63.4 Å². The van der Waals surface area contributed by atoms with E-state index in [4.69, 9.17) is 5.73 Å². The van der Waals surface area contributed by atoms with E-state index in [1.54, 1.807) is 4.31 Å². The quantitative estimate of drug-likeness (QED) is 0.799. The lowest BCUT2D eigenvalue weighted by molar-refractivity contribution is 0.395. The van der Waals surface area contributed by atoms with Gasteiger partial charge >= 0.3 is 0 Å². The van der Waals surface area contributed by atoms with Crippen LogP contribution in [0.3, 0.4) is 0 Å². The molecule has 0 heterocycles. The highest BCUT2D eigenvalue weighted by Gasteiger charge is 2.30. The molecule has 1 saturated carbocycles. The van der Waals surface area contributed by atoms with Gasteiger partial charge in [0, 0.05) is 19.6 Å². The molecule has 1 aliphatic carbocycles. The maximum atomic E-state index is 12.5. The Morgan fingerprint density at radius 3 is 2.60 bits per heavy atom. The third-order valence-corrected chi connectivity index (χ3v) is 5.42. The van der Waals surface area contributed by atoms with Crippen molar-refractivity contribution >= 4 is 10.0 Å². The average molecular weight is 296 g/mol. The second kappa shape index (κ2) is 6.70. The van der Waals surface area contributed by atoms with Crippen molar-refractivity contribution in [3.05, 3.63) is 35.4 Å². The fraction of sp³-hybridized carbons (Fsp3) is 0.600. The van der Waals surface area contributed by atoms with Crippen LogP contribution in [-0.4, -0.2) is 25.8 Å². The minimum absolute atomic E-state index is 0.0769. The lowest BCUT2D eigenvalue weighted by atomic mass is 10.1. The van der Waals surface area contributed by atoms with Crippen molar-refractivity contribution in [2.75, 3.05) is 13.1 Å². The molecular weight excluding hydrogens is 272 g/mol. The van der Waals surface area contributed by atoms with Gasteiger partial charge in [0.2, 0.25) is 10.0 Å². The molecule has 0 atom stereocenters. The Morgan fingerprint density at radius 2 is 2.00 bits per heavy atom. The van der Waals surface area contributed by atoms with Crippen LogP contribution < -0.4 is 5.73 Å². The van der Waals surface area contributed by atoms with Gasteiger partial charge in [-0.15, -0.1) is 0 Å². The Hall–Kier alpha value is -0.910. The standard InChI is InChI=1S/C15H24N2O2S/c1-2-8-17(11-13-6-7-13)20(18,19)12-15-5-3-4-14(9-15)10-16/h3-5,9,13H,2,6-8,10-12,16H2,1H3. The first-order valence-electron chi connectivity index (χ1n) is 7.31. The number of benzene rings is 1. The van der Waals surface area contributed by atoms with Crippen LogP contribution in [0.4, 0.5) is 0 Å². The first-order valence-corrected chi connectivity index (χ1v) is 8.91. The largest absolute Gasteiger partial charge is 0.326 e. The Bertz CT molecular complexity index is 539.